The second-order valence-electron chi connectivity index (χ2n) is 8.94. The molecule has 1 aromatic heterocycles. The van der Waals surface area contributed by atoms with Gasteiger partial charge in [-0.25, -0.2) is 8.42 Å². The van der Waals surface area contributed by atoms with Gasteiger partial charge in [0.2, 0.25) is 32.6 Å². The van der Waals surface area contributed by atoms with Crippen molar-refractivity contribution >= 4 is 50.8 Å². The van der Waals surface area contributed by atoms with Crippen molar-refractivity contribution in [3.8, 4) is 0 Å². The topological polar surface area (TPSA) is 143 Å². The van der Waals surface area contributed by atoms with Crippen LogP contribution in [-0.4, -0.2) is 70.6 Å². The second kappa shape index (κ2) is 8.98. The fraction of sp³-hybridized carbons (Fsp3) is 0.348. The number of sulfone groups is 1. The largest absolute Gasteiger partial charge is 0.368 e. The van der Waals surface area contributed by atoms with Crippen LogP contribution < -0.4 is 11.1 Å². The van der Waals surface area contributed by atoms with E-state index in [1.807, 2.05) is 0 Å². The molecule has 1 saturated carbocycles. The Hall–Kier alpha value is -2.73. The number of nitrogens with zero attached hydrogens (tertiary/aromatic N) is 3. The van der Waals surface area contributed by atoms with E-state index < -0.39 is 51.2 Å². The Morgan fingerprint density at radius 2 is 2.00 bits per heavy atom. The average Bonchev–Trinajstić information content (AvgIpc) is 3.66. The summed E-state index contributed by atoms with van der Waals surface area (Å²) in [6, 6.07) is 4.34. The van der Waals surface area contributed by atoms with Crippen molar-refractivity contribution in [2.45, 2.75) is 47.3 Å². The summed E-state index contributed by atoms with van der Waals surface area (Å²) < 4.78 is 28.7. The van der Waals surface area contributed by atoms with Crippen LogP contribution in [0, 0.1) is 6.42 Å². The highest BCUT2D eigenvalue weighted by molar-refractivity contribution is 7.93. The summed E-state index contributed by atoms with van der Waals surface area (Å²) in [4.78, 5) is 43.2. The fourth-order valence-corrected chi connectivity index (χ4v) is 7.43. The molecular weight excluding hydrogens is 529 g/mol. The van der Waals surface area contributed by atoms with Crippen molar-refractivity contribution in [2.75, 3.05) is 6.54 Å². The molecule has 36 heavy (non-hydrogen) atoms. The van der Waals surface area contributed by atoms with Gasteiger partial charge < -0.3 is 10.6 Å². The summed E-state index contributed by atoms with van der Waals surface area (Å²) in [5.74, 6) is -2.31. The van der Waals surface area contributed by atoms with E-state index in [2.05, 4.69) is 16.7 Å². The first-order valence-corrected chi connectivity index (χ1v) is 13.3. The van der Waals surface area contributed by atoms with Crippen molar-refractivity contribution in [3.63, 3.8) is 0 Å². The monoisotopic (exact) mass is 549 g/mol. The first-order valence-electron chi connectivity index (χ1n) is 11.1. The van der Waals surface area contributed by atoms with Gasteiger partial charge in [-0.15, -0.1) is 0 Å². The molecule has 0 bridgehead atoms. The molecule has 3 amide bonds. The summed E-state index contributed by atoms with van der Waals surface area (Å²) in [5.41, 5.74) is 6.09. The van der Waals surface area contributed by atoms with Gasteiger partial charge >= 0.3 is 0 Å². The highest BCUT2D eigenvalue weighted by Gasteiger charge is 2.65. The number of piperazine rings is 1. The number of aromatic nitrogens is 1. The SMILES string of the molecule is NC(=O)C1[C]C(=O)N2C(Cc3cccnc3)C(=O)N(C3CC3)CC2(S(=O)(=O)c2ccc(Cl)cc2Cl)N1. The standard InChI is InChI=1S/C23H21Cl2N5O5S/c24-14-3-6-19(16(25)9-14)36(34,35)23-12-29(15-4-5-15)22(33)18(8-13-2-1-7-27-11-13)30(23)20(31)10-17(28-23)21(26)32/h1-3,6-7,9,11,15,17-18,28H,4-5,8,12H2,(H2,26,32). The number of primary amides is 1. The second-order valence-corrected chi connectivity index (χ2v) is 11.9. The molecule has 3 atom stereocenters. The number of carbonyl (C=O) groups excluding carboxylic acids is 3. The van der Waals surface area contributed by atoms with E-state index >= 15 is 0 Å². The van der Waals surface area contributed by atoms with Crippen LogP contribution in [0.3, 0.4) is 0 Å². The highest BCUT2D eigenvalue weighted by Crippen LogP contribution is 2.43. The first kappa shape index (κ1) is 24.9. The van der Waals surface area contributed by atoms with Crippen molar-refractivity contribution in [2.24, 2.45) is 5.73 Å². The predicted octanol–water partition coefficient (Wildman–Crippen LogP) is 0.799. The number of carbonyl (C=O) groups is 3. The van der Waals surface area contributed by atoms with Crippen LogP contribution in [0.5, 0.6) is 0 Å². The average molecular weight is 550 g/mol. The molecule has 3 N–H and O–H groups in total. The zero-order chi connectivity index (χ0) is 25.8. The Kier molecular flexibility index (Phi) is 6.22. The Morgan fingerprint density at radius 1 is 1.25 bits per heavy atom. The predicted molar refractivity (Wildman–Crippen MR) is 129 cm³/mol. The normalized spacial score (nSPS) is 26.6. The Labute approximate surface area is 217 Å². The zero-order valence-corrected chi connectivity index (χ0v) is 21.1. The Balaban J connectivity index is 1.72. The Morgan fingerprint density at radius 3 is 2.61 bits per heavy atom. The van der Waals surface area contributed by atoms with E-state index in [4.69, 9.17) is 28.9 Å². The Bertz CT molecular complexity index is 1350. The minimum Gasteiger partial charge on any atom is -0.368 e. The fourth-order valence-electron chi connectivity index (χ4n) is 4.74. The molecule has 2 aromatic rings. The highest BCUT2D eigenvalue weighted by atomic mass is 35.5. The molecule has 2 radical (unpaired) electrons. The maximum Gasteiger partial charge on any atom is 0.246 e. The molecule has 3 fully saturated rings. The summed E-state index contributed by atoms with van der Waals surface area (Å²) in [6.07, 6.45) is 6.86. The van der Waals surface area contributed by atoms with Crippen LogP contribution in [-0.2, 0) is 30.6 Å². The quantitative estimate of drug-likeness (QED) is 0.542. The van der Waals surface area contributed by atoms with Crippen molar-refractivity contribution in [3.05, 3.63) is 64.8 Å². The third kappa shape index (κ3) is 4.03. The lowest BCUT2D eigenvalue weighted by Gasteiger charge is -2.56. The molecule has 1 aromatic carbocycles. The number of nitrogens with one attached hydrogen (secondary N) is 1. The van der Waals surface area contributed by atoms with E-state index in [-0.39, 0.29) is 27.4 Å². The first-order chi connectivity index (χ1) is 17.0. The third-order valence-corrected chi connectivity index (χ3v) is 9.49. The summed E-state index contributed by atoms with van der Waals surface area (Å²) >= 11 is 12.3. The van der Waals surface area contributed by atoms with Crippen LogP contribution in [0.4, 0.5) is 0 Å². The lowest BCUT2D eigenvalue weighted by atomic mass is 9.96. The summed E-state index contributed by atoms with van der Waals surface area (Å²) in [7, 11) is -4.57. The number of rotatable bonds is 6. The molecule has 5 rings (SSSR count). The number of halogens is 2. The minimum absolute atomic E-state index is 0.00213. The van der Waals surface area contributed by atoms with Gasteiger partial charge in [-0.3, -0.25) is 29.6 Å². The molecular formula is C23H21Cl2N5O5S. The van der Waals surface area contributed by atoms with E-state index in [9.17, 15) is 22.8 Å². The number of fused-ring (bicyclic) bond motifs is 1. The summed E-state index contributed by atoms with van der Waals surface area (Å²) in [6.45, 7) is -0.418. The molecule has 3 unspecified atom stereocenters. The van der Waals surface area contributed by atoms with Gasteiger partial charge in [0.15, 0.2) is 0 Å². The molecule has 188 valence electrons. The maximum absolute atomic E-state index is 14.4. The van der Waals surface area contributed by atoms with Gasteiger partial charge in [0.25, 0.3) is 0 Å². The minimum atomic E-state index is -4.57. The lowest BCUT2D eigenvalue weighted by Crippen LogP contribution is -2.83. The lowest BCUT2D eigenvalue weighted by molar-refractivity contribution is -0.163. The van der Waals surface area contributed by atoms with E-state index in [1.165, 1.54) is 29.3 Å². The van der Waals surface area contributed by atoms with Crippen molar-refractivity contribution < 1.29 is 22.8 Å². The number of nitrogens with two attached hydrogens (primary N) is 1. The van der Waals surface area contributed by atoms with Gasteiger partial charge in [0, 0.05) is 29.9 Å². The van der Waals surface area contributed by atoms with Crippen molar-refractivity contribution in [1.82, 2.24) is 20.1 Å². The molecule has 1 aliphatic carbocycles. The van der Waals surface area contributed by atoms with Gasteiger partial charge in [0.1, 0.15) is 18.5 Å². The number of amides is 3. The van der Waals surface area contributed by atoms with Gasteiger partial charge in [-0.2, -0.15) is 0 Å². The van der Waals surface area contributed by atoms with Crippen LogP contribution in [0.15, 0.2) is 47.6 Å². The van der Waals surface area contributed by atoms with E-state index in [1.54, 1.807) is 18.3 Å². The van der Waals surface area contributed by atoms with Crippen LogP contribution >= 0.6 is 23.2 Å². The zero-order valence-electron chi connectivity index (χ0n) is 18.7. The molecule has 0 spiro atoms. The number of hydrogen-bond acceptors (Lipinski definition) is 7. The third-order valence-electron chi connectivity index (χ3n) is 6.56. The van der Waals surface area contributed by atoms with Crippen LogP contribution in [0.25, 0.3) is 0 Å². The molecule has 13 heteroatoms. The van der Waals surface area contributed by atoms with Crippen LogP contribution in [0.1, 0.15) is 18.4 Å². The van der Waals surface area contributed by atoms with Gasteiger partial charge in [0.05, 0.1) is 16.5 Å². The van der Waals surface area contributed by atoms with E-state index in [0.29, 0.717) is 18.4 Å². The van der Waals surface area contributed by atoms with Crippen molar-refractivity contribution in [1.29, 1.82) is 0 Å². The molecule has 10 nitrogen and oxygen atoms in total. The molecule has 3 aliphatic rings. The number of benzene rings is 1. The maximum atomic E-state index is 14.4. The molecule has 2 aliphatic heterocycles. The van der Waals surface area contributed by atoms with Gasteiger partial charge in [-0.05, 0) is 42.7 Å². The molecule has 2 saturated heterocycles. The van der Waals surface area contributed by atoms with Gasteiger partial charge in [-0.1, -0.05) is 29.3 Å². The summed E-state index contributed by atoms with van der Waals surface area (Å²) in [5, 5.41) is 2.80. The van der Waals surface area contributed by atoms with E-state index in [0.717, 1.165) is 4.90 Å². The smallest absolute Gasteiger partial charge is 0.246 e. The number of pyridine rings is 1. The number of hydrogen-bond donors (Lipinski definition) is 2. The van der Waals surface area contributed by atoms with Crippen LogP contribution in [0.2, 0.25) is 10.0 Å². The molecule has 3 heterocycles.